The normalized spacial score (nSPS) is 22.1. The van der Waals surface area contributed by atoms with Crippen molar-refractivity contribution >= 4 is 43.9 Å². The first kappa shape index (κ1) is 19.8. The largest absolute Gasteiger partial charge is 0.364 e. The highest BCUT2D eigenvalue weighted by molar-refractivity contribution is 8.93. The molecular formula is C18H22BrN5O2S. The zero-order chi connectivity index (χ0) is 18.5. The lowest BCUT2D eigenvalue weighted by Crippen LogP contribution is -2.54. The minimum Gasteiger partial charge on any atom is -0.364 e. The third-order valence-electron chi connectivity index (χ3n) is 4.87. The van der Waals surface area contributed by atoms with Gasteiger partial charge in [-0.05, 0) is 44.9 Å². The number of nitrogens with one attached hydrogen (secondary N) is 1. The Morgan fingerprint density at radius 2 is 1.85 bits per heavy atom. The summed E-state index contributed by atoms with van der Waals surface area (Å²) in [4.78, 5) is 8.74. The van der Waals surface area contributed by atoms with Crippen molar-refractivity contribution in [3.63, 3.8) is 0 Å². The van der Waals surface area contributed by atoms with Crippen molar-refractivity contribution in [2.75, 3.05) is 5.32 Å². The van der Waals surface area contributed by atoms with E-state index in [1.165, 1.54) is 16.5 Å². The molecule has 3 aromatic rings. The van der Waals surface area contributed by atoms with Gasteiger partial charge < -0.3 is 11.1 Å². The highest BCUT2D eigenvalue weighted by Crippen LogP contribution is 2.35. The van der Waals surface area contributed by atoms with Crippen LogP contribution in [-0.2, 0) is 10.0 Å². The van der Waals surface area contributed by atoms with Crippen LogP contribution in [0.1, 0.15) is 25.3 Å². The number of halogens is 1. The molecule has 1 saturated carbocycles. The Hall–Kier alpha value is -1.97. The van der Waals surface area contributed by atoms with Crippen LogP contribution < -0.4 is 11.1 Å². The van der Waals surface area contributed by atoms with E-state index in [2.05, 4.69) is 22.2 Å². The summed E-state index contributed by atoms with van der Waals surface area (Å²) in [5.74, 6) is 0.627. The van der Waals surface area contributed by atoms with Gasteiger partial charge >= 0.3 is 0 Å². The average Bonchev–Trinajstić information content (AvgIpc) is 3.00. The van der Waals surface area contributed by atoms with Crippen LogP contribution in [0.25, 0.3) is 11.0 Å². The average molecular weight is 452 g/mol. The Bertz CT molecular complexity index is 1070. The van der Waals surface area contributed by atoms with E-state index in [-0.39, 0.29) is 33.5 Å². The lowest BCUT2D eigenvalue weighted by Gasteiger charge is -2.44. The second-order valence-corrected chi connectivity index (χ2v) is 9.06. The molecule has 3 N–H and O–H groups in total. The van der Waals surface area contributed by atoms with E-state index < -0.39 is 10.0 Å². The number of aromatic nitrogens is 3. The highest BCUT2D eigenvalue weighted by Gasteiger charge is 2.38. The summed E-state index contributed by atoms with van der Waals surface area (Å²) in [7, 11) is -3.72. The maximum atomic E-state index is 13.0. The summed E-state index contributed by atoms with van der Waals surface area (Å²) in [6, 6.07) is 8.69. The van der Waals surface area contributed by atoms with Gasteiger partial charge in [-0.2, -0.15) is 0 Å². The van der Waals surface area contributed by atoms with Crippen molar-refractivity contribution in [2.45, 2.75) is 43.2 Å². The number of anilines is 1. The van der Waals surface area contributed by atoms with Gasteiger partial charge in [-0.1, -0.05) is 17.7 Å². The van der Waals surface area contributed by atoms with E-state index in [0.29, 0.717) is 16.9 Å². The number of hydrogen-bond donors (Lipinski definition) is 2. The van der Waals surface area contributed by atoms with Crippen molar-refractivity contribution in [3.8, 4) is 0 Å². The van der Waals surface area contributed by atoms with Crippen LogP contribution >= 0.6 is 17.0 Å². The van der Waals surface area contributed by atoms with Crippen molar-refractivity contribution in [2.24, 2.45) is 5.73 Å². The fraction of sp³-hybridized carbons (Fsp3) is 0.333. The highest BCUT2D eigenvalue weighted by atomic mass is 79.9. The quantitative estimate of drug-likeness (QED) is 0.631. The topological polar surface area (TPSA) is 103 Å². The Morgan fingerprint density at radius 3 is 2.48 bits per heavy atom. The van der Waals surface area contributed by atoms with Gasteiger partial charge in [0.05, 0.1) is 10.3 Å². The predicted molar refractivity (Wildman–Crippen MR) is 111 cm³/mol. The van der Waals surface area contributed by atoms with Crippen LogP contribution in [-0.4, -0.2) is 33.9 Å². The second kappa shape index (κ2) is 6.88. The van der Waals surface area contributed by atoms with Crippen molar-refractivity contribution in [3.05, 3.63) is 48.4 Å². The lowest BCUT2D eigenvalue weighted by molar-refractivity contribution is 0.258. The fourth-order valence-corrected chi connectivity index (χ4v) is 4.83. The Kier molecular flexibility index (Phi) is 5.04. The first-order valence-electron chi connectivity index (χ1n) is 8.47. The number of nitrogens with two attached hydrogens (primary N) is 1. The molecule has 144 valence electrons. The van der Waals surface area contributed by atoms with Crippen molar-refractivity contribution in [1.29, 1.82) is 0 Å². The summed E-state index contributed by atoms with van der Waals surface area (Å²) in [6.07, 6.45) is 4.60. The monoisotopic (exact) mass is 451 g/mol. The van der Waals surface area contributed by atoms with Crippen molar-refractivity contribution in [1.82, 2.24) is 13.9 Å². The smallest absolute Gasteiger partial charge is 0.269 e. The molecule has 1 aliphatic rings. The minimum absolute atomic E-state index is 0. The van der Waals surface area contributed by atoms with Gasteiger partial charge in [-0.25, -0.2) is 22.4 Å². The van der Waals surface area contributed by atoms with Gasteiger partial charge in [0.25, 0.3) is 10.0 Å². The molecule has 0 aliphatic heterocycles. The standard InChI is InChI=1S/C18H21N5O2S.BrH/c1-12-3-5-14(6-4-12)26(24,25)23-8-7-15-16(20-11-21-17(15)23)22-18(2)9-13(19)10-18;/h3-8,11,13H,9-10,19H2,1-2H3,(H,20,21,22);1H. The maximum absolute atomic E-state index is 13.0. The molecule has 0 bridgehead atoms. The molecule has 4 rings (SSSR count). The van der Waals surface area contributed by atoms with Crippen LogP contribution in [0.5, 0.6) is 0 Å². The van der Waals surface area contributed by atoms with Crippen LogP contribution in [0, 0.1) is 6.92 Å². The van der Waals surface area contributed by atoms with Gasteiger partial charge in [0.1, 0.15) is 12.1 Å². The molecule has 0 saturated heterocycles. The number of aryl methyl sites for hydroxylation is 1. The molecule has 2 aromatic heterocycles. The molecule has 27 heavy (non-hydrogen) atoms. The van der Waals surface area contributed by atoms with E-state index >= 15 is 0 Å². The summed E-state index contributed by atoms with van der Waals surface area (Å²) in [5.41, 5.74) is 7.13. The molecule has 7 nitrogen and oxygen atoms in total. The molecule has 0 spiro atoms. The maximum Gasteiger partial charge on any atom is 0.269 e. The predicted octanol–water partition coefficient (Wildman–Crippen LogP) is 2.85. The minimum atomic E-state index is -3.72. The van der Waals surface area contributed by atoms with Crippen LogP contribution in [0.15, 0.2) is 47.8 Å². The molecule has 1 aromatic carbocycles. The first-order chi connectivity index (χ1) is 12.3. The number of fused-ring (bicyclic) bond motifs is 1. The zero-order valence-electron chi connectivity index (χ0n) is 15.1. The molecule has 0 amide bonds. The fourth-order valence-electron chi connectivity index (χ4n) is 3.53. The summed E-state index contributed by atoms with van der Waals surface area (Å²) < 4.78 is 27.2. The summed E-state index contributed by atoms with van der Waals surface area (Å²) in [5, 5.41) is 4.07. The molecule has 9 heteroatoms. The molecule has 2 heterocycles. The molecule has 1 aliphatic carbocycles. The van der Waals surface area contributed by atoms with Gasteiger partial charge in [-0.3, -0.25) is 0 Å². The van der Waals surface area contributed by atoms with Gasteiger partial charge in [0, 0.05) is 17.8 Å². The molecular weight excluding hydrogens is 430 g/mol. The third-order valence-corrected chi connectivity index (χ3v) is 6.55. The number of nitrogens with zero attached hydrogens (tertiary/aromatic N) is 3. The Labute approximate surface area is 168 Å². The number of hydrogen-bond acceptors (Lipinski definition) is 6. The van der Waals surface area contributed by atoms with E-state index in [1.54, 1.807) is 30.3 Å². The van der Waals surface area contributed by atoms with Crippen molar-refractivity contribution < 1.29 is 8.42 Å². The molecule has 1 fully saturated rings. The van der Waals surface area contributed by atoms with Crippen LogP contribution in [0.3, 0.4) is 0 Å². The first-order valence-corrected chi connectivity index (χ1v) is 9.91. The van der Waals surface area contributed by atoms with Gasteiger partial charge in [-0.15, -0.1) is 17.0 Å². The molecule has 0 radical (unpaired) electrons. The van der Waals surface area contributed by atoms with E-state index in [0.717, 1.165) is 18.4 Å². The SMILES string of the molecule is Br.Cc1ccc(S(=O)(=O)n2ccc3c(NC4(C)CC(N)C4)ncnc32)cc1. The summed E-state index contributed by atoms with van der Waals surface area (Å²) in [6.45, 7) is 4.00. The van der Waals surface area contributed by atoms with Crippen LogP contribution in [0.4, 0.5) is 5.82 Å². The second-order valence-electron chi connectivity index (χ2n) is 7.24. The Morgan fingerprint density at radius 1 is 1.19 bits per heavy atom. The third kappa shape index (κ3) is 3.46. The Balaban J connectivity index is 0.00000210. The van der Waals surface area contributed by atoms with E-state index in [1.807, 2.05) is 6.92 Å². The van der Waals surface area contributed by atoms with Gasteiger partial charge in [0.15, 0.2) is 5.65 Å². The van der Waals surface area contributed by atoms with E-state index in [9.17, 15) is 8.42 Å². The van der Waals surface area contributed by atoms with Crippen LogP contribution in [0.2, 0.25) is 0 Å². The molecule has 0 unspecified atom stereocenters. The number of rotatable bonds is 4. The molecule has 0 atom stereocenters. The van der Waals surface area contributed by atoms with Gasteiger partial charge in [0.2, 0.25) is 0 Å². The summed E-state index contributed by atoms with van der Waals surface area (Å²) >= 11 is 0. The zero-order valence-corrected chi connectivity index (χ0v) is 17.6. The van der Waals surface area contributed by atoms with E-state index in [4.69, 9.17) is 5.73 Å². The lowest BCUT2D eigenvalue weighted by atomic mass is 9.74. The number of benzene rings is 1.